The number of carboxylic acids is 1. The second-order valence-electron chi connectivity index (χ2n) is 10.9. The first-order valence-corrected chi connectivity index (χ1v) is 16.9. The highest BCUT2D eigenvalue weighted by Crippen LogP contribution is 2.59. The van der Waals surface area contributed by atoms with Crippen molar-refractivity contribution in [3.05, 3.63) is 132 Å². The Labute approximate surface area is 300 Å². The molecular weight excluding hydrogens is 701 g/mol. The zero-order valence-corrected chi connectivity index (χ0v) is 29.0. The van der Waals surface area contributed by atoms with Crippen LogP contribution in [0.15, 0.2) is 115 Å². The Morgan fingerprint density at radius 1 is 0.765 bits per heavy atom. The van der Waals surface area contributed by atoms with E-state index < -0.39 is 55.8 Å². The minimum atomic E-state index is -4.42. The SMILES string of the molecule is C[C@H](NC(=O)[C@H](CC(=O)O)NC(=O)OCc1ccccc1)C(=O)NC(c1ccc(C(N)=[NH2+])cc1)P(=O)(Oc1ccccc1)Oc1ccccc1.[Cl-]. The van der Waals surface area contributed by atoms with E-state index in [0.717, 1.165) is 0 Å². The molecule has 0 aliphatic carbocycles. The van der Waals surface area contributed by atoms with Crippen molar-refractivity contribution in [2.45, 2.75) is 37.8 Å². The number of hydrogen-bond donors (Lipinski definition) is 6. The number of nitrogens with two attached hydrogens (primary N) is 2. The number of rotatable bonds is 16. The van der Waals surface area contributed by atoms with Crippen molar-refractivity contribution in [3.8, 4) is 11.5 Å². The summed E-state index contributed by atoms with van der Waals surface area (Å²) in [6.07, 6.45) is -1.84. The maximum Gasteiger partial charge on any atom is 0.457 e. The Balaban J connectivity index is 0.00000702. The van der Waals surface area contributed by atoms with Crippen LogP contribution in [0.4, 0.5) is 4.79 Å². The number of amides is 3. The minimum Gasteiger partial charge on any atom is -1.00 e. The van der Waals surface area contributed by atoms with Gasteiger partial charge in [-0.1, -0.05) is 78.9 Å². The maximum absolute atomic E-state index is 14.8. The van der Waals surface area contributed by atoms with Crippen molar-refractivity contribution in [2.24, 2.45) is 5.73 Å². The Morgan fingerprint density at radius 2 is 1.27 bits per heavy atom. The highest BCUT2D eigenvalue weighted by atomic mass is 35.5. The molecule has 0 saturated heterocycles. The molecule has 0 aliphatic rings. The Hall–Kier alpha value is -5.85. The average Bonchev–Trinajstić information content (AvgIpc) is 3.10. The molecule has 51 heavy (non-hydrogen) atoms. The van der Waals surface area contributed by atoms with Crippen molar-refractivity contribution in [3.63, 3.8) is 0 Å². The summed E-state index contributed by atoms with van der Waals surface area (Å²) in [6, 6.07) is 28.4. The Kier molecular flexibility index (Phi) is 14.6. The van der Waals surface area contributed by atoms with E-state index in [-0.39, 0.29) is 41.9 Å². The fourth-order valence-corrected chi connectivity index (χ4v) is 6.42. The number of benzene rings is 4. The van der Waals surface area contributed by atoms with Crippen molar-refractivity contribution in [1.82, 2.24) is 16.0 Å². The molecule has 4 aromatic carbocycles. The summed E-state index contributed by atoms with van der Waals surface area (Å²) < 4.78 is 31.9. The Morgan fingerprint density at radius 3 is 1.76 bits per heavy atom. The molecule has 1 unspecified atom stereocenters. The first-order valence-electron chi connectivity index (χ1n) is 15.3. The Bertz CT molecular complexity index is 1790. The van der Waals surface area contributed by atoms with Gasteiger partial charge in [0.05, 0.1) is 12.0 Å². The smallest absolute Gasteiger partial charge is 0.457 e. The van der Waals surface area contributed by atoms with E-state index in [1.807, 2.05) is 0 Å². The zero-order chi connectivity index (χ0) is 36.1. The largest absolute Gasteiger partial charge is 1.00 e. The summed E-state index contributed by atoms with van der Waals surface area (Å²) in [5.74, 6) is -4.26. The van der Waals surface area contributed by atoms with Crippen LogP contribution in [-0.2, 0) is 30.3 Å². The third-order valence-corrected chi connectivity index (χ3v) is 9.05. The number of carbonyl (C=O) groups excluding carboxylic acids is 3. The van der Waals surface area contributed by atoms with Gasteiger partial charge in [0.15, 0.2) is 5.78 Å². The monoisotopic (exact) mass is 737 g/mol. The van der Waals surface area contributed by atoms with Crippen LogP contribution in [0.1, 0.15) is 35.8 Å². The summed E-state index contributed by atoms with van der Waals surface area (Å²) in [5, 5.41) is 22.4. The van der Waals surface area contributed by atoms with Crippen LogP contribution >= 0.6 is 7.60 Å². The number of para-hydroxylation sites is 2. The van der Waals surface area contributed by atoms with Gasteiger partial charge in [-0.25, -0.2) is 9.36 Å². The van der Waals surface area contributed by atoms with Crippen LogP contribution < -0.4 is 48.5 Å². The number of aliphatic carboxylic acids is 1. The van der Waals surface area contributed by atoms with E-state index in [9.17, 15) is 28.8 Å². The number of carbonyl (C=O) groups is 4. The van der Waals surface area contributed by atoms with Gasteiger partial charge in [0.1, 0.15) is 30.2 Å². The highest BCUT2D eigenvalue weighted by Gasteiger charge is 2.43. The van der Waals surface area contributed by atoms with Crippen LogP contribution in [0, 0.1) is 0 Å². The molecule has 16 heteroatoms. The van der Waals surface area contributed by atoms with Gasteiger partial charge in [0.2, 0.25) is 11.8 Å². The third kappa shape index (κ3) is 11.9. The number of carboxylic acid groups (broad SMARTS) is 1. The summed E-state index contributed by atoms with van der Waals surface area (Å²) in [5.41, 5.74) is 7.16. The van der Waals surface area contributed by atoms with Crippen molar-refractivity contribution in [1.29, 1.82) is 0 Å². The van der Waals surface area contributed by atoms with Gasteiger partial charge in [-0.15, -0.1) is 0 Å². The molecule has 4 aromatic rings. The second-order valence-corrected chi connectivity index (χ2v) is 12.9. The van der Waals surface area contributed by atoms with Gasteiger partial charge < -0.3 is 47.2 Å². The second kappa shape index (κ2) is 18.8. The lowest BCUT2D eigenvalue weighted by Crippen LogP contribution is -3.00. The molecule has 14 nitrogen and oxygen atoms in total. The quantitative estimate of drug-likeness (QED) is 0.0509. The predicted octanol–water partition coefficient (Wildman–Crippen LogP) is -0.105. The molecule has 0 bridgehead atoms. The molecule has 8 N–H and O–H groups in total. The first-order chi connectivity index (χ1) is 23.9. The van der Waals surface area contributed by atoms with E-state index in [1.54, 1.807) is 103 Å². The standard InChI is InChI=1S/C35H36N5O9P.ClH/c1-23(38-33(44)29(21-30(41)42)39-35(45)47-22-24-11-5-2-6-12-24)32(43)40-34(26-19-17-25(18-20-26)31(36)37)50(46,48-27-13-7-3-8-14-27)49-28-15-9-4-10-16-28;/h2-20,23,29,34H,21-22H2,1H3,(H3,36,37)(H,38,44)(H,39,45)(H,40,43)(H,41,42);1H/t23-,29-,34?;/m0./s1. The lowest BCUT2D eigenvalue weighted by Gasteiger charge is -2.29. The van der Waals surface area contributed by atoms with E-state index in [1.165, 1.54) is 19.1 Å². The normalized spacial score (nSPS) is 12.4. The lowest BCUT2D eigenvalue weighted by molar-refractivity contribution is -0.140. The lowest BCUT2D eigenvalue weighted by atomic mass is 10.1. The van der Waals surface area contributed by atoms with Crippen molar-refractivity contribution in [2.75, 3.05) is 0 Å². The van der Waals surface area contributed by atoms with Gasteiger partial charge in [0, 0.05) is 0 Å². The first kappa shape index (κ1) is 39.6. The number of amidine groups is 1. The van der Waals surface area contributed by atoms with Gasteiger partial charge in [-0.3, -0.25) is 25.5 Å². The molecule has 268 valence electrons. The molecule has 3 atom stereocenters. The predicted molar refractivity (Wildman–Crippen MR) is 183 cm³/mol. The van der Waals surface area contributed by atoms with Crippen LogP contribution in [0.3, 0.4) is 0 Å². The van der Waals surface area contributed by atoms with Crippen LogP contribution in [0.25, 0.3) is 0 Å². The van der Waals surface area contributed by atoms with Crippen molar-refractivity contribution >= 4 is 37.3 Å². The molecule has 4 rings (SSSR count). The topological polar surface area (TPSA) is 221 Å². The molecule has 0 fully saturated rings. The van der Waals surface area contributed by atoms with E-state index in [4.69, 9.17) is 24.9 Å². The van der Waals surface area contributed by atoms with E-state index in [2.05, 4.69) is 16.0 Å². The zero-order valence-electron chi connectivity index (χ0n) is 27.3. The van der Waals surface area contributed by atoms with Gasteiger partial charge in [0.25, 0.3) is 5.84 Å². The van der Waals surface area contributed by atoms with E-state index in [0.29, 0.717) is 11.1 Å². The van der Waals surface area contributed by atoms with Gasteiger partial charge in [-0.05, 0) is 54.4 Å². The van der Waals surface area contributed by atoms with Crippen LogP contribution in [0.5, 0.6) is 11.5 Å². The number of alkyl carbamates (subject to hydrolysis) is 1. The number of halogens is 1. The van der Waals surface area contributed by atoms with Gasteiger partial charge >= 0.3 is 19.7 Å². The van der Waals surface area contributed by atoms with Crippen LogP contribution in [0.2, 0.25) is 0 Å². The molecule has 0 radical (unpaired) electrons. The molecule has 0 spiro atoms. The maximum atomic E-state index is 14.8. The molecule has 0 aromatic heterocycles. The summed E-state index contributed by atoms with van der Waals surface area (Å²) in [7, 11) is -4.42. The average molecular weight is 738 g/mol. The fraction of sp³-hybridized carbons (Fsp3) is 0.171. The van der Waals surface area contributed by atoms with E-state index >= 15 is 0 Å². The summed E-state index contributed by atoms with van der Waals surface area (Å²) in [4.78, 5) is 50.9. The molecular formula is C35H37ClN5O9P. The van der Waals surface area contributed by atoms with Crippen LogP contribution in [-0.4, -0.2) is 46.9 Å². The molecule has 3 amide bonds. The van der Waals surface area contributed by atoms with Crippen molar-refractivity contribution < 1.29 is 60.5 Å². The summed E-state index contributed by atoms with van der Waals surface area (Å²) in [6.45, 7) is 1.20. The third-order valence-electron chi connectivity index (χ3n) is 7.06. The number of nitrogens with one attached hydrogen (secondary N) is 3. The highest BCUT2D eigenvalue weighted by molar-refractivity contribution is 7.55. The minimum absolute atomic E-state index is 0. The summed E-state index contributed by atoms with van der Waals surface area (Å²) >= 11 is 0. The molecule has 0 aliphatic heterocycles. The van der Waals surface area contributed by atoms with Gasteiger partial charge in [-0.2, -0.15) is 0 Å². The fourth-order valence-electron chi connectivity index (χ4n) is 4.51. The number of ether oxygens (including phenoxy) is 1. The molecule has 0 saturated carbocycles. The molecule has 0 heterocycles. The number of hydrogen-bond acceptors (Lipinski definition) is 8.